The van der Waals surface area contributed by atoms with E-state index in [1.807, 2.05) is 36.4 Å². The highest BCUT2D eigenvalue weighted by Crippen LogP contribution is 2.33. The van der Waals surface area contributed by atoms with Gasteiger partial charge in [-0.15, -0.1) is 11.6 Å². The summed E-state index contributed by atoms with van der Waals surface area (Å²) in [5.74, 6) is 1.75. The number of rotatable bonds is 3. The average Bonchev–Trinajstić information content (AvgIpc) is 2.33. The predicted octanol–water partition coefficient (Wildman–Crippen LogP) is 5.63. The molecule has 0 unspecified atom stereocenters. The van der Waals surface area contributed by atoms with Crippen LogP contribution in [0.1, 0.15) is 5.56 Å². The third-order valence-corrected chi connectivity index (χ3v) is 3.31. The number of benzene rings is 2. The fraction of sp³-hybridized carbons (Fsp3) is 0.0769. The fourth-order valence-corrected chi connectivity index (χ4v) is 2.32. The van der Waals surface area contributed by atoms with Crippen LogP contribution in [0.15, 0.2) is 46.9 Å². The molecule has 2 rings (SSSR count). The van der Waals surface area contributed by atoms with Crippen LogP contribution in [-0.4, -0.2) is 0 Å². The maximum absolute atomic E-state index is 6.09. The summed E-state index contributed by atoms with van der Waals surface area (Å²) in [5, 5.41) is 0.559. The molecule has 0 heterocycles. The summed E-state index contributed by atoms with van der Waals surface area (Å²) in [6.07, 6.45) is 0. The van der Waals surface area contributed by atoms with Gasteiger partial charge in [0.25, 0.3) is 0 Å². The molecule has 0 atom stereocenters. The van der Waals surface area contributed by atoms with E-state index in [9.17, 15) is 0 Å². The van der Waals surface area contributed by atoms with Gasteiger partial charge in [-0.3, -0.25) is 0 Å². The van der Waals surface area contributed by atoms with Crippen molar-refractivity contribution in [2.24, 2.45) is 0 Å². The van der Waals surface area contributed by atoms with E-state index in [2.05, 4.69) is 15.9 Å². The van der Waals surface area contributed by atoms with Crippen LogP contribution in [0.3, 0.4) is 0 Å². The first-order valence-corrected chi connectivity index (χ1v) is 6.68. The average molecular weight is 332 g/mol. The molecule has 0 saturated heterocycles. The number of alkyl halides is 1. The third kappa shape index (κ3) is 3.15. The molecule has 0 aliphatic carbocycles. The lowest BCUT2D eigenvalue weighted by Crippen LogP contribution is -1.89. The van der Waals surface area contributed by atoms with E-state index in [4.69, 9.17) is 27.9 Å². The van der Waals surface area contributed by atoms with E-state index >= 15 is 0 Å². The van der Waals surface area contributed by atoms with Crippen LogP contribution >= 0.6 is 39.1 Å². The molecule has 2 aromatic carbocycles. The second-order valence-corrected chi connectivity index (χ2v) is 5.01. The molecule has 0 bridgehead atoms. The highest BCUT2D eigenvalue weighted by Gasteiger charge is 2.06. The molecule has 0 spiro atoms. The van der Waals surface area contributed by atoms with Crippen LogP contribution in [-0.2, 0) is 5.88 Å². The van der Waals surface area contributed by atoms with Gasteiger partial charge in [0.1, 0.15) is 11.5 Å². The summed E-state index contributed by atoms with van der Waals surface area (Å²) in [5.41, 5.74) is 0.938. The van der Waals surface area contributed by atoms with Crippen molar-refractivity contribution in [2.75, 3.05) is 0 Å². The second-order valence-electron chi connectivity index (χ2n) is 3.42. The van der Waals surface area contributed by atoms with Gasteiger partial charge in [0, 0.05) is 10.0 Å². The Kier molecular flexibility index (Phi) is 4.32. The zero-order chi connectivity index (χ0) is 12.3. The lowest BCUT2D eigenvalue weighted by molar-refractivity contribution is 0.478. The van der Waals surface area contributed by atoms with Gasteiger partial charge in [0.15, 0.2) is 0 Å². The van der Waals surface area contributed by atoms with E-state index in [1.54, 1.807) is 6.07 Å². The van der Waals surface area contributed by atoms with E-state index in [1.165, 1.54) is 0 Å². The Labute approximate surface area is 118 Å². The van der Waals surface area contributed by atoms with Crippen molar-refractivity contribution in [3.63, 3.8) is 0 Å². The molecule has 0 amide bonds. The van der Waals surface area contributed by atoms with Crippen molar-refractivity contribution >= 4 is 39.1 Å². The molecule has 0 N–H and O–H groups in total. The molecule has 0 aromatic heterocycles. The maximum Gasteiger partial charge on any atom is 0.146 e. The maximum atomic E-state index is 6.09. The molecular formula is C13H9BrCl2O. The molecule has 2 aromatic rings. The van der Waals surface area contributed by atoms with Crippen molar-refractivity contribution in [1.29, 1.82) is 0 Å². The topological polar surface area (TPSA) is 9.23 Å². The lowest BCUT2D eigenvalue weighted by atomic mass is 10.2. The molecule has 0 aliphatic rings. The van der Waals surface area contributed by atoms with E-state index in [0.717, 1.165) is 15.8 Å². The number of ether oxygens (including phenoxy) is 1. The van der Waals surface area contributed by atoms with Crippen molar-refractivity contribution in [3.8, 4) is 11.5 Å². The molecule has 0 fully saturated rings. The molecular weight excluding hydrogens is 323 g/mol. The Morgan fingerprint density at radius 2 is 1.82 bits per heavy atom. The van der Waals surface area contributed by atoms with Gasteiger partial charge < -0.3 is 4.74 Å². The fourth-order valence-electron chi connectivity index (χ4n) is 1.39. The molecule has 88 valence electrons. The summed E-state index contributed by atoms with van der Waals surface area (Å²) < 4.78 is 6.67. The zero-order valence-electron chi connectivity index (χ0n) is 8.79. The zero-order valence-corrected chi connectivity index (χ0v) is 11.9. The number of halogens is 3. The van der Waals surface area contributed by atoms with Crippen molar-refractivity contribution in [3.05, 3.63) is 57.5 Å². The molecule has 1 nitrogen and oxygen atoms in total. The Bertz CT molecular complexity index is 529. The third-order valence-electron chi connectivity index (χ3n) is 2.23. The highest BCUT2D eigenvalue weighted by molar-refractivity contribution is 9.10. The van der Waals surface area contributed by atoms with Gasteiger partial charge in [-0.05, 0) is 24.3 Å². The Morgan fingerprint density at radius 3 is 2.53 bits per heavy atom. The number of hydrogen-bond donors (Lipinski definition) is 0. The normalized spacial score (nSPS) is 10.3. The van der Waals surface area contributed by atoms with E-state index < -0.39 is 0 Å². The van der Waals surface area contributed by atoms with Gasteiger partial charge in [-0.2, -0.15) is 0 Å². The predicted molar refractivity (Wildman–Crippen MR) is 75.2 cm³/mol. The summed E-state index contributed by atoms with van der Waals surface area (Å²) in [6, 6.07) is 13.1. The summed E-state index contributed by atoms with van der Waals surface area (Å²) >= 11 is 15.3. The smallest absolute Gasteiger partial charge is 0.146 e. The van der Waals surface area contributed by atoms with Gasteiger partial charge in [0.2, 0.25) is 0 Å². The lowest BCUT2D eigenvalue weighted by Gasteiger charge is -2.10. The molecule has 0 saturated carbocycles. The van der Waals surface area contributed by atoms with Crippen LogP contribution < -0.4 is 4.74 Å². The first kappa shape index (κ1) is 12.7. The standard InChI is InChI=1S/C13H9BrCl2O/c14-10-5-6-13(11(16)7-10)17-12-4-2-1-3-9(12)8-15/h1-7H,8H2. The van der Waals surface area contributed by atoms with Crippen LogP contribution in [0, 0.1) is 0 Å². The molecule has 0 radical (unpaired) electrons. The van der Waals surface area contributed by atoms with Crippen LogP contribution in [0.2, 0.25) is 5.02 Å². The molecule has 0 aliphatic heterocycles. The van der Waals surface area contributed by atoms with Gasteiger partial charge >= 0.3 is 0 Å². The minimum atomic E-state index is 0.407. The summed E-state index contributed by atoms with van der Waals surface area (Å²) in [7, 11) is 0. The molecule has 4 heteroatoms. The second kappa shape index (κ2) is 5.76. The van der Waals surface area contributed by atoms with Gasteiger partial charge in [0.05, 0.1) is 10.9 Å². The van der Waals surface area contributed by atoms with E-state index in [0.29, 0.717) is 16.7 Å². The van der Waals surface area contributed by atoms with Crippen LogP contribution in [0.5, 0.6) is 11.5 Å². The summed E-state index contributed by atoms with van der Waals surface area (Å²) in [6.45, 7) is 0. The SMILES string of the molecule is ClCc1ccccc1Oc1ccc(Br)cc1Cl. The monoisotopic (exact) mass is 330 g/mol. The Balaban J connectivity index is 2.31. The molecule has 17 heavy (non-hydrogen) atoms. The van der Waals surface area contributed by atoms with Crippen molar-refractivity contribution < 1.29 is 4.74 Å². The number of hydrogen-bond acceptors (Lipinski definition) is 1. The van der Waals surface area contributed by atoms with E-state index in [-0.39, 0.29) is 0 Å². The van der Waals surface area contributed by atoms with Gasteiger partial charge in [-0.25, -0.2) is 0 Å². The van der Waals surface area contributed by atoms with Crippen molar-refractivity contribution in [2.45, 2.75) is 5.88 Å². The summed E-state index contributed by atoms with van der Waals surface area (Å²) in [4.78, 5) is 0. The van der Waals surface area contributed by atoms with Gasteiger partial charge in [-0.1, -0.05) is 45.7 Å². The van der Waals surface area contributed by atoms with Crippen molar-refractivity contribution in [1.82, 2.24) is 0 Å². The minimum Gasteiger partial charge on any atom is -0.455 e. The van der Waals surface area contributed by atoms with Crippen LogP contribution in [0.25, 0.3) is 0 Å². The minimum absolute atomic E-state index is 0.407. The Morgan fingerprint density at radius 1 is 1.06 bits per heavy atom. The Hall–Kier alpha value is -0.700. The first-order chi connectivity index (χ1) is 8.20. The quantitative estimate of drug-likeness (QED) is 0.662. The van der Waals surface area contributed by atoms with Crippen LogP contribution in [0.4, 0.5) is 0 Å². The largest absolute Gasteiger partial charge is 0.455 e. The highest BCUT2D eigenvalue weighted by atomic mass is 79.9. The first-order valence-electron chi connectivity index (χ1n) is 4.97. The number of para-hydroxylation sites is 1.